The largest absolute Gasteiger partial charge is 0.492 e. The maximum atomic E-state index is 12.4. The van der Waals surface area contributed by atoms with Gasteiger partial charge in [0.15, 0.2) is 0 Å². The molecular formula is C16H23NO3. The quantitative estimate of drug-likeness (QED) is 0.868. The van der Waals surface area contributed by atoms with E-state index >= 15 is 0 Å². The summed E-state index contributed by atoms with van der Waals surface area (Å²) in [6, 6.07) is 7.29. The summed E-state index contributed by atoms with van der Waals surface area (Å²) < 4.78 is 5.75. The van der Waals surface area contributed by atoms with Gasteiger partial charge in [-0.25, -0.2) is 0 Å². The minimum Gasteiger partial charge on any atom is -0.492 e. The van der Waals surface area contributed by atoms with Gasteiger partial charge in [0.05, 0.1) is 17.8 Å². The highest BCUT2D eigenvalue weighted by Crippen LogP contribution is 2.30. The maximum absolute atomic E-state index is 12.4. The Hall–Kier alpha value is -1.55. The molecule has 1 aliphatic rings. The Kier molecular flexibility index (Phi) is 4.33. The Morgan fingerprint density at radius 1 is 1.40 bits per heavy atom. The highest BCUT2D eigenvalue weighted by molar-refractivity contribution is 5.96. The van der Waals surface area contributed by atoms with Crippen LogP contribution in [0.5, 0.6) is 5.75 Å². The Morgan fingerprint density at radius 3 is 2.65 bits per heavy atom. The lowest BCUT2D eigenvalue weighted by atomic mass is 10.1. The van der Waals surface area contributed by atoms with E-state index in [0.29, 0.717) is 23.8 Å². The molecule has 1 fully saturated rings. The molecule has 0 unspecified atom stereocenters. The first kappa shape index (κ1) is 14.9. The first-order valence-corrected chi connectivity index (χ1v) is 7.06. The maximum Gasteiger partial charge on any atom is 0.257 e. The zero-order valence-corrected chi connectivity index (χ0v) is 12.4. The van der Waals surface area contributed by atoms with E-state index in [-0.39, 0.29) is 12.5 Å². The molecule has 1 amide bonds. The van der Waals surface area contributed by atoms with Gasteiger partial charge in [-0.15, -0.1) is 0 Å². The molecule has 0 heterocycles. The number of amides is 1. The van der Waals surface area contributed by atoms with E-state index in [2.05, 4.69) is 0 Å². The van der Waals surface area contributed by atoms with E-state index < -0.39 is 5.60 Å². The minimum atomic E-state index is -0.909. The number of carbonyl (C=O) groups excluding carboxylic acids is 1. The van der Waals surface area contributed by atoms with Gasteiger partial charge in [0.1, 0.15) is 5.75 Å². The third kappa shape index (κ3) is 4.23. The molecule has 0 aliphatic heterocycles. The number of benzene rings is 1. The second kappa shape index (κ2) is 5.83. The molecule has 1 aromatic carbocycles. The number of ether oxygens (including phenoxy) is 1. The van der Waals surface area contributed by atoms with Crippen molar-refractivity contribution in [1.82, 2.24) is 4.90 Å². The molecule has 0 saturated heterocycles. The van der Waals surface area contributed by atoms with Crippen LogP contribution in [0.3, 0.4) is 0 Å². The van der Waals surface area contributed by atoms with Crippen molar-refractivity contribution in [3.05, 3.63) is 29.8 Å². The van der Waals surface area contributed by atoms with Crippen molar-refractivity contribution in [2.24, 2.45) is 5.92 Å². The topological polar surface area (TPSA) is 49.8 Å². The molecule has 1 aliphatic carbocycles. The molecule has 1 aromatic rings. The number of hydrogen-bond acceptors (Lipinski definition) is 3. The lowest BCUT2D eigenvalue weighted by molar-refractivity contribution is 0.0365. The Labute approximate surface area is 120 Å². The average Bonchev–Trinajstić information content (AvgIpc) is 3.18. The molecule has 20 heavy (non-hydrogen) atoms. The number of rotatable bonds is 6. The first-order chi connectivity index (χ1) is 9.37. The summed E-state index contributed by atoms with van der Waals surface area (Å²) in [6.07, 6.45) is 2.43. The van der Waals surface area contributed by atoms with Gasteiger partial charge in [-0.05, 0) is 44.7 Å². The van der Waals surface area contributed by atoms with E-state index in [1.807, 2.05) is 18.2 Å². The smallest absolute Gasteiger partial charge is 0.257 e. The molecule has 110 valence electrons. The molecule has 1 N–H and O–H groups in total. The number of nitrogens with zero attached hydrogens (tertiary/aromatic N) is 1. The van der Waals surface area contributed by atoms with E-state index in [1.165, 1.54) is 17.7 Å². The van der Waals surface area contributed by atoms with Gasteiger partial charge in [-0.1, -0.05) is 12.1 Å². The van der Waals surface area contributed by atoms with Crippen LogP contribution in [0.2, 0.25) is 0 Å². The van der Waals surface area contributed by atoms with Crippen LogP contribution in [0.25, 0.3) is 0 Å². The Morgan fingerprint density at radius 2 is 2.05 bits per heavy atom. The van der Waals surface area contributed by atoms with Gasteiger partial charge in [-0.3, -0.25) is 4.79 Å². The first-order valence-electron chi connectivity index (χ1n) is 7.06. The van der Waals surface area contributed by atoms with Crippen molar-refractivity contribution in [2.75, 3.05) is 20.2 Å². The summed E-state index contributed by atoms with van der Waals surface area (Å²) in [5.41, 5.74) is -0.353. The summed E-state index contributed by atoms with van der Waals surface area (Å²) in [4.78, 5) is 14.0. The molecule has 0 radical (unpaired) electrons. The van der Waals surface area contributed by atoms with Crippen molar-refractivity contribution >= 4 is 5.91 Å². The predicted octanol–water partition coefficient (Wildman–Crippen LogP) is 2.32. The minimum absolute atomic E-state index is 0.126. The van der Waals surface area contributed by atoms with Crippen LogP contribution >= 0.6 is 0 Å². The van der Waals surface area contributed by atoms with E-state index in [0.717, 1.165) is 0 Å². The van der Waals surface area contributed by atoms with Gasteiger partial charge >= 0.3 is 0 Å². The molecular weight excluding hydrogens is 254 g/mol. The molecule has 2 rings (SSSR count). The standard InChI is InChI=1S/C16H23NO3/c1-16(2,19)11-17(3)15(18)13-6-4-5-7-14(13)20-10-12-8-9-12/h4-7,12,19H,8-11H2,1-3H3. The molecule has 4 heteroatoms. The van der Waals surface area contributed by atoms with Crippen LogP contribution in [0, 0.1) is 5.92 Å². The van der Waals surface area contributed by atoms with Crippen molar-refractivity contribution < 1.29 is 14.6 Å². The van der Waals surface area contributed by atoms with Crippen LogP contribution < -0.4 is 4.74 Å². The van der Waals surface area contributed by atoms with Crippen molar-refractivity contribution in [3.63, 3.8) is 0 Å². The van der Waals surface area contributed by atoms with E-state index in [9.17, 15) is 9.90 Å². The van der Waals surface area contributed by atoms with Crippen LogP contribution in [-0.2, 0) is 0 Å². The highest BCUT2D eigenvalue weighted by atomic mass is 16.5. The molecule has 0 bridgehead atoms. The van der Waals surface area contributed by atoms with E-state index in [4.69, 9.17) is 4.74 Å². The Bertz CT molecular complexity index is 475. The Balaban J connectivity index is 2.07. The number of carbonyl (C=O) groups is 1. The molecule has 1 saturated carbocycles. The fourth-order valence-electron chi connectivity index (χ4n) is 2.12. The fraction of sp³-hybridized carbons (Fsp3) is 0.562. The van der Waals surface area contributed by atoms with Crippen LogP contribution in [-0.4, -0.2) is 41.7 Å². The van der Waals surface area contributed by atoms with Gasteiger partial charge < -0.3 is 14.7 Å². The van der Waals surface area contributed by atoms with Crippen LogP contribution in [0.1, 0.15) is 37.0 Å². The third-order valence-corrected chi connectivity index (χ3v) is 3.26. The van der Waals surface area contributed by atoms with E-state index in [1.54, 1.807) is 27.0 Å². The third-order valence-electron chi connectivity index (χ3n) is 3.26. The second-order valence-electron chi connectivity index (χ2n) is 6.22. The van der Waals surface area contributed by atoms with Gasteiger partial charge in [-0.2, -0.15) is 0 Å². The van der Waals surface area contributed by atoms with Gasteiger partial charge in [0, 0.05) is 13.6 Å². The number of para-hydroxylation sites is 1. The second-order valence-corrected chi connectivity index (χ2v) is 6.22. The number of likely N-dealkylation sites (N-methyl/N-ethyl adjacent to an activating group) is 1. The van der Waals surface area contributed by atoms with Crippen molar-refractivity contribution in [3.8, 4) is 5.75 Å². The SMILES string of the molecule is CN(CC(C)(C)O)C(=O)c1ccccc1OCC1CC1. The zero-order chi connectivity index (χ0) is 14.8. The highest BCUT2D eigenvalue weighted by Gasteiger charge is 2.25. The number of aliphatic hydroxyl groups is 1. The monoisotopic (exact) mass is 277 g/mol. The lowest BCUT2D eigenvalue weighted by Crippen LogP contribution is -2.39. The summed E-state index contributed by atoms with van der Waals surface area (Å²) in [5, 5.41) is 9.81. The summed E-state index contributed by atoms with van der Waals surface area (Å²) in [5.74, 6) is 1.15. The average molecular weight is 277 g/mol. The molecule has 0 spiro atoms. The molecule has 0 atom stereocenters. The summed E-state index contributed by atoms with van der Waals surface area (Å²) >= 11 is 0. The molecule has 4 nitrogen and oxygen atoms in total. The predicted molar refractivity (Wildman–Crippen MR) is 77.9 cm³/mol. The van der Waals surface area contributed by atoms with Crippen molar-refractivity contribution in [1.29, 1.82) is 0 Å². The molecule has 0 aromatic heterocycles. The van der Waals surface area contributed by atoms with Crippen LogP contribution in [0.4, 0.5) is 0 Å². The normalized spacial score (nSPS) is 15.0. The van der Waals surface area contributed by atoms with Gasteiger partial charge in [0.25, 0.3) is 5.91 Å². The van der Waals surface area contributed by atoms with Crippen molar-refractivity contribution in [2.45, 2.75) is 32.3 Å². The van der Waals surface area contributed by atoms with Crippen LogP contribution in [0.15, 0.2) is 24.3 Å². The fourth-order valence-corrected chi connectivity index (χ4v) is 2.12. The summed E-state index contributed by atoms with van der Waals surface area (Å²) in [6.45, 7) is 4.33. The lowest BCUT2D eigenvalue weighted by Gasteiger charge is -2.26. The summed E-state index contributed by atoms with van der Waals surface area (Å²) in [7, 11) is 1.69. The van der Waals surface area contributed by atoms with Gasteiger partial charge in [0.2, 0.25) is 0 Å². The zero-order valence-electron chi connectivity index (χ0n) is 12.4. The number of hydrogen-bond donors (Lipinski definition) is 1.